The van der Waals surface area contributed by atoms with Crippen LogP contribution in [0.5, 0.6) is 0 Å². The molecule has 1 N–H and O–H groups in total. The maximum atomic E-state index is 12.2. The van der Waals surface area contributed by atoms with Gasteiger partial charge in [-0.2, -0.15) is 0 Å². The summed E-state index contributed by atoms with van der Waals surface area (Å²) in [4.78, 5) is 24.5. The Kier molecular flexibility index (Phi) is 3.87. The number of halogens is 1. The summed E-state index contributed by atoms with van der Waals surface area (Å²) in [5, 5.41) is 2.94. The molecule has 1 amide bonds. The van der Waals surface area contributed by atoms with Crippen LogP contribution in [-0.2, 0) is 0 Å². The monoisotopic (exact) mass is 350 g/mol. The van der Waals surface area contributed by atoms with E-state index < -0.39 is 0 Å². The molecule has 0 aliphatic rings. The van der Waals surface area contributed by atoms with Crippen molar-refractivity contribution in [3.8, 4) is 11.5 Å². The summed E-state index contributed by atoms with van der Waals surface area (Å²) in [5.74, 6) is 0.176. The first kappa shape index (κ1) is 15.3. The third-order valence-corrected chi connectivity index (χ3v) is 3.88. The van der Waals surface area contributed by atoms with Crippen molar-refractivity contribution in [1.29, 1.82) is 0 Å². The van der Waals surface area contributed by atoms with Gasteiger partial charge in [0, 0.05) is 29.7 Å². The van der Waals surface area contributed by atoms with Crippen LogP contribution < -0.4 is 5.32 Å². The maximum absolute atomic E-state index is 12.2. The molecular formula is C18H11ClN4O2. The predicted molar refractivity (Wildman–Crippen MR) is 94.4 cm³/mol. The van der Waals surface area contributed by atoms with Crippen LogP contribution in [0.15, 0.2) is 65.5 Å². The molecule has 7 heteroatoms. The van der Waals surface area contributed by atoms with E-state index in [1.54, 1.807) is 42.7 Å². The van der Waals surface area contributed by atoms with Crippen molar-refractivity contribution in [2.75, 3.05) is 5.32 Å². The third kappa shape index (κ3) is 3.07. The summed E-state index contributed by atoms with van der Waals surface area (Å²) in [7, 11) is 0. The van der Waals surface area contributed by atoms with Crippen LogP contribution in [0.25, 0.3) is 22.6 Å². The van der Waals surface area contributed by atoms with E-state index in [2.05, 4.69) is 20.3 Å². The molecule has 6 nitrogen and oxygen atoms in total. The fraction of sp³-hybridized carbons (Fsp3) is 0. The molecule has 0 saturated heterocycles. The lowest BCUT2D eigenvalue weighted by Gasteiger charge is -2.06. The van der Waals surface area contributed by atoms with Gasteiger partial charge in [-0.15, -0.1) is 0 Å². The molecule has 0 bridgehead atoms. The molecule has 0 aliphatic heterocycles. The SMILES string of the molecule is O=C(Nc1ccc(-c2nc3cnccc3o2)cc1)c1cccnc1Cl. The van der Waals surface area contributed by atoms with Crippen LogP contribution >= 0.6 is 11.6 Å². The van der Waals surface area contributed by atoms with E-state index in [4.69, 9.17) is 16.0 Å². The van der Waals surface area contributed by atoms with E-state index >= 15 is 0 Å². The van der Waals surface area contributed by atoms with E-state index in [0.29, 0.717) is 28.2 Å². The number of carbonyl (C=O) groups is 1. The number of nitrogens with one attached hydrogen (secondary N) is 1. The quantitative estimate of drug-likeness (QED) is 0.560. The van der Waals surface area contributed by atoms with Crippen molar-refractivity contribution >= 4 is 34.3 Å². The maximum Gasteiger partial charge on any atom is 0.258 e. The molecule has 0 radical (unpaired) electrons. The van der Waals surface area contributed by atoms with Crippen LogP contribution in [0.4, 0.5) is 5.69 Å². The van der Waals surface area contributed by atoms with Crippen molar-refractivity contribution in [2.45, 2.75) is 0 Å². The highest BCUT2D eigenvalue weighted by Gasteiger charge is 2.12. The Labute approximate surface area is 147 Å². The van der Waals surface area contributed by atoms with Gasteiger partial charge in [0.25, 0.3) is 5.91 Å². The molecule has 3 heterocycles. The number of anilines is 1. The minimum Gasteiger partial charge on any atom is -0.436 e. The lowest BCUT2D eigenvalue weighted by Crippen LogP contribution is -2.12. The summed E-state index contributed by atoms with van der Waals surface area (Å²) in [6.45, 7) is 0. The molecule has 4 rings (SSSR count). The Morgan fingerprint density at radius 1 is 1.08 bits per heavy atom. The van der Waals surface area contributed by atoms with Crippen LogP contribution in [0.1, 0.15) is 10.4 Å². The summed E-state index contributed by atoms with van der Waals surface area (Å²) >= 11 is 5.93. The number of rotatable bonds is 3. The van der Waals surface area contributed by atoms with E-state index in [1.165, 1.54) is 6.20 Å². The molecule has 3 aromatic heterocycles. The van der Waals surface area contributed by atoms with Crippen molar-refractivity contribution in [3.05, 3.63) is 71.8 Å². The standard InChI is InChI=1S/C18H11ClN4O2/c19-16-13(2-1-8-21-16)17(24)22-12-5-3-11(4-6-12)18-23-14-10-20-9-7-15(14)25-18/h1-10H,(H,22,24). The minimum atomic E-state index is -0.321. The Morgan fingerprint density at radius 2 is 1.92 bits per heavy atom. The van der Waals surface area contributed by atoms with Crippen LogP contribution in [0.3, 0.4) is 0 Å². The summed E-state index contributed by atoms with van der Waals surface area (Å²) in [6.07, 6.45) is 4.83. The fourth-order valence-electron chi connectivity index (χ4n) is 2.35. The van der Waals surface area contributed by atoms with E-state index in [9.17, 15) is 4.79 Å². The second kappa shape index (κ2) is 6.33. The van der Waals surface area contributed by atoms with Crippen molar-refractivity contribution in [1.82, 2.24) is 15.0 Å². The normalized spacial score (nSPS) is 10.8. The molecule has 4 aromatic rings. The first-order valence-electron chi connectivity index (χ1n) is 7.43. The number of hydrogen-bond donors (Lipinski definition) is 1. The number of amides is 1. The van der Waals surface area contributed by atoms with Gasteiger partial charge in [-0.3, -0.25) is 9.78 Å². The van der Waals surface area contributed by atoms with Gasteiger partial charge in [-0.1, -0.05) is 11.6 Å². The number of nitrogens with zero attached hydrogens (tertiary/aromatic N) is 3. The van der Waals surface area contributed by atoms with E-state index in [1.807, 2.05) is 12.1 Å². The summed E-state index contributed by atoms with van der Waals surface area (Å²) in [5.41, 5.74) is 3.12. The molecule has 0 saturated carbocycles. The number of aromatic nitrogens is 3. The lowest BCUT2D eigenvalue weighted by atomic mass is 10.2. The predicted octanol–water partition coefficient (Wildman–Crippen LogP) is 4.19. The average Bonchev–Trinajstić information content (AvgIpc) is 3.07. The molecular weight excluding hydrogens is 340 g/mol. The van der Waals surface area contributed by atoms with Gasteiger partial charge < -0.3 is 9.73 Å². The number of oxazole rings is 1. The van der Waals surface area contributed by atoms with Crippen LogP contribution in [-0.4, -0.2) is 20.9 Å². The van der Waals surface area contributed by atoms with Crippen molar-refractivity contribution < 1.29 is 9.21 Å². The summed E-state index contributed by atoms with van der Waals surface area (Å²) in [6, 6.07) is 12.2. The van der Waals surface area contributed by atoms with E-state index in [-0.39, 0.29) is 11.1 Å². The molecule has 122 valence electrons. The Balaban J connectivity index is 1.56. The Morgan fingerprint density at radius 3 is 2.68 bits per heavy atom. The van der Waals surface area contributed by atoms with Gasteiger partial charge in [0.1, 0.15) is 10.7 Å². The topological polar surface area (TPSA) is 80.9 Å². The molecule has 25 heavy (non-hydrogen) atoms. The second-order valence-electron chi connectivity index (χ2n) is 5.24. The first-order chi connectivity index (χ1) is 12.2. The Bertz CT molecular complexity index is 1030. The van der Waals surface area contributed by atoms with Gasteiger partial charge in [-0.25, -0.2) is 9.97 Å². The number of fused-ring (bicyclic) bond motifs is 1. The first-order valence-corrected chi connectivity index (χ1v) is 7.81. The van der Waals surface area contributed by atoms with E-state index in [0.717, 1.165) is 5.56 Å². The second-order valence-corrected chi connectivity index (χ2v) is 5.59. The van der Waals surface area contributed by atoms with Gasteiger partial charge in [0.2, 0.25) is 5.89 Å². The molecule has 0 unspecified atom stereocenters. The number of carbonyl (C=O) groups excluding carboxylic acids is 1. The highest BCUT2D eigenvalue weighted by molar-refractivity contribution is 6.33. The van der Waals surface area contributed by atoms with Crippen LogP contribution in [0.2, 0.25) is 5.15 Å². The Hall–Kier alpha value is -3.25. The number of pyridine rings is 2. The lowest BCUT2D eigenvalue weighted by molar-refractivity contribution is 0.102. The number of hydrogen-bond acceptors (Lipinski definition) is 5. The van der Waals surface area contributed by atoms with Gasteiger partial charge >= 0.3 is 0 Å². The minimum absolute atomic E-state index is 0.164. The smallest absolute Gasteiger partial charge is 0.258 e. The molecule has 0 spiro atoms. The van der Waals surface area contributed by atoms with Crippen LogP contribution in [0, 0.1) is 0 Å². The molecule has 0 fully saturated rings. The van der Waals surface area contributed by atoms with Gasteiger partial charge in [0.05, 0.1) is 11.8 Å². The molecule has 1 aromatic carbocycles. The van der Waals surface area contributed by atoms with Crippen molar-refractivity contribution in [2.24, 2.45) is 0 Å². The number of benzene rings is 1. The summed E-state index contributed by atoms with van der Waals surface area (Å²) < 4.78 is 5.70. The fourth-order valence-corrected chi connectivity index (χ4v) is 2.56. The highest BCUT2D eigenvalue weighted by atomic mass is 35.5. The van der Waals surface area contributed by atoms with Gasteiger partial charge in [0.15, 0.2) is 5.58 Å². The zero-order valence-electron chi connectivity index (χ0n) is 12.8. The third-order valence-electron chi connectivity index (χ3n) is 3.58. The van der Waals surface area contributed by atoms with Gasteiger partial charge in [-0.05, 0) is 36.4 Å². The molecule has 0 aliphatic carbocycles. The molecule has 0 atom stereocenters. The zero-order valence-corrected chi connectivity index (χ0v) is 13.6. The average molecular weight is 351 g/mol. The van der Waals surface area contributed by atoms with Crippen molar-refractivity contribution in [3.63, 3.8) is 0 Å². The zero-order chi connectivity index (χ0) is 17.2. The largest absolute Gasteiger partial charge is 0.436 e. The highest BCUT2D eigenvalue weighted by Crippen LogP contribution is 2.25.